The molecule has 1 N–H and O–H groups in total. The highest BCUT2D eigenvalue weighted by molar-refractivity contribution is 7.93. The largest absolute Gasteiger partial charge is 0.495 e. The number of hydrogen-bond donors (Lipinski definition) is 1. The van der Waals surface area contributed by atoms with E-state index in [-0.39, 0.29) is 26.1 Å². The first-order chi connectivity index (χ1) is 13.6. The van der Waals surface area contributed by atoms with E-state index >= 15 is 0 Å². The molecule has 6 nitrogen and oxygen atoms in total. The van der Waals surface area contributed by atoms with Gasteiger partial charge in [-0.15, -0.1) is 0 Å². The predicted octanol–water partition coefficient (Wildman–Crippen LogP) is 3.95. The van der Waals surface area contributed by atoms with Crippen molar-refractivity contribution in [2.24, 2.45) is 0 Å². The number of sulfone groups is 1. The Morgan fingerprint density at radius 2 is 1.41 bits per heavy atom. The van der Waals surface area contributed by atoms with Crippen LogP contribution in [0.25, 0.3) is 0 Å². The number of nitrogens with one attached hydrogen (secondary N) is 1. The average molecular weight is 432 g/mol. The van der Waals surface area contributed by atoms with Gasteiger partial charge >= 0.3 is 0 Å². The maximum atomic E-state index is 13.1. The maximum Gasteiger partial charge on any atom is 0.261 e. The lowest BCUT2D eigenvalue weighted by molar-refractivity contribution is 0.402. The van der Waals surface area contributed by atoms with E-state index in [0.717, 1.165) is 5.56 Å². The van der Waals surface area contributed by atoms with Crippen LogP contribution >= 0.6 is 0 Å². The first kappa shape index (κ1) is 20.9. The fraction of sp³-hybridized carbons (Fsp3) is 0.143. The van der Waals surface area contributed by atoms with E-state index in [1.54, 1.807) is 37.3 Å². The van der Waals surface area contributed by atoms with Gasteiger partial charge in [-0.2, -0.15) is 0 Å². The smallest absolute Gasteiger partial charge is 0.261 e. The molecule has 0 atom stereocenters. The van der Waals surface area contributed by atoms with E-state index in [9.17, 15) is 16.8 Å². The van der Waals surface area contributed by atoms with Crippen molar-refractivity contribution >= 4 is 25.5 Å². The molecule has 0 aliphatic heterocycles. The van der Waals surface area contributed by atoms with E-state index in [1.807, 2.05) is 6.92 Å². The predicted molar refractivity (Wildman–Crippen MR) is 112 cm³/mol. The summed E-state index contributed by atoms with van der Waals surface area (Å²) in [5.41, 5.74) is 1.63. The Morgan fingerprint density at radius 3 is 2.00 bits per heavy atom. The van der Waals surface area contributed by atoms with Gasteiger partial charge in [-0.1, -0.05) is 35.9 Å². The lowest BCUT2D eigenvalue weighted by Crippen LogP contribution is -2.15. The van der Waals surface area contributed by atoms with E-state index in [2.05, 4.69) is 4.72 Å². The number of methoxy groups -OCH3 is 1. The van der Waals surface area contributed by atoms with Crippen molar-refractivity contribution < 1.29 is 21.6 Å². The fourth-order valence-electron chi connectivity index (χ4n) is 2.79. The van der Waals surface area contributed by atoms with Crippen LogP contribution < -0.4 is 9.46 Å². The summed E-state index contributed by atoms with van der Waals surface area (Å²) in [6, 6.07) is 17.1. The molecule has 0 aliphatic rings. The Bertz CT molecular complexity index is 1230. The van der Waals surface area contributed by atoms with Crippen LogP contribution in [0.2, 0.25) is 0 Å². The summed E-state index contributed by atoms with van der Waals surface area (Å²) in [5.74, 6) is 0.143. The Kier molecular flexibility index (Phi) is 5.68. The Balaban J connectivity index is 2.10. The number of ether oxygens (including phenoxy) is 1. The zero-order valence-electron chi connectivity index (χ0n) is 16.2. The van der Waals surface area contributed by atoms with Gasteiger partial charge in [0.15, 0.2) is 0 Å². The number of benzene rings is 3. The average Bonchev–Trinajstić information content (AvgIpc) is 2.70. The first-order valence-electron chi connectivity index (χ1n) is 8.73. The summed E-state index contributed by atoms with van der Waals surface area (Å²) in [7, 11) is -6.42. The van der Waals surface area contributed by atoms with Crippen LogP contribution in [0.5, 0.6) is 5.75 Å². The van der Waals surface area contributed by atoms with Gasteiger partial charge in [0.25, 0.3) is 10.0 Å². The molecule has 0 saturated carbocycles. The van der Waals surface area contributed by atoms with Crippen molar-refractivity contribution in [2.45, 2.75) is 28.5 Å². The van der Waals surface area contributed by atoms with Gasteiger partial charge in [0.1, 0.15) is 10.6 Å². The second-order valence-corrected chi connectivity index (χ2v) is 10.2. The Hall–Kier alpha value is -2.84. The molecule has 3 aromatic carbocycles. The highest BCUT2D eigenvalue weighted by Crippen LogP contribution is 2.34. The zero-order valence-corrected chi connectivity index (χ0v) is 17.8. The number of rotatable bonds is 6. The Morgan fingerprint density at radius 1 is 0.793 bits per heavy atom. The quantitative estimate of drug-likeness (QED) is 0.638. The van der Waals surface area contributed by atoms with Crippen LogP contribution in [0, 0.1) is 13.8 Å². The molecule has 0 saturated heterocycles. The molecule has 0 aromatic heterocycles. The van der Waals surface area contributed by atoms with Gasteiger partial charge < -0.3 is 4.74 Å². The fourth-order valence-corrected chi connectivity index (χ4v) is 5.36. The highest BCUT2D eigenvalue weighted by Gasteiger charge is 2.25. The highest BCUT2D eigenvalue weighted by atomic mass is 32.2. The molecule has 0 heterocycles. The summed E-state index contributed by atoms with van der Waals surface area (Å²) >= 11 is 0. The molecule has 29 heavy (non-hydrogen) atoms. The summed E-state index contributed by atoms with van der Waals surface area (Å²) in [6.45, 7) is 3.53. The van der Waals surface area contributed by atoms with Gasteiger partial charge in [-0.3, -0.25) is 4.72 Å². The number of sulfonamides is 1. The molecule has 152 valence electrons. The second kappa shape index (κ2) is 7.88. The molecular formula is C21H21NO5S2. The molecule has 0 amide bonds. The third-order valence-corrected chi connectivity index (χ3v) is 7.60. The summed E-state index contributed by atoms with van der Waals surface area (Å²) < 4.78 is 59.5. The zero-order chi connectivity index (χ0) is 21.2. The second-order valence-electron chi connectivity index (χ2n) is 6.55. The number of hydrogen-bond acceptors (Lipinski definition) is 5. The normalized spacial score (nSPS) is 11.8. The first-order valence-corrected chi connectivity index (χ1v) is 11.7. The monoisotopic (exact) mass is 431 g/mol. The minimum absolute atomic E-state index is 0.0887. The van der Waals surface area contributed by atoms with Crippen molar-refractivity contribution in [3.63, 3.8) is 0 Å². The van der Waals surface area contributed by atoms with Gasteiger partial charge in [-0.05, 0) is 55.8 Å². The molecular weight excluding hydrogens is 410 g/mol. The van der Waals surface area contributed by atoms with Crippen LogP contribution in [0.15, 0.2) is 81.4 Å². The molecule has 0 radical (unpaired) electrons. The van der Waals surface area contributed by atoms with Crippen LogP contribution in [0.4, 0.5) is 5.69 Å². The van der Waals surface area contributed by atoms with Crippen LogP contribution in [0.1, 0.15) is 11.1 Å². The lowest BCUT2D eigenvalue weighted by Gasteiger charge is -2.16. The van der Waals surface area contributed by atoms with E-state index in [4.69, 9.17) is 4.74 Å². The van der Waals surface area contributed by atoms with E-state index in [0.29, 0.717) is 5.56 Å². The van der Waals surface area contributed by atoms with E-state index < -0.39 is 19.9 Å². The van der Waals surface area contributed by atoms with Gasteiger partial charge in [0.2, 0.25) is 9.84 Å². The van der Waals surface area contributed by atoms with Gasteiger partial charge in [0, 0.05) is 0 Å². The maximum absolute atomic E-state index is 13.1. The molecule has 0 bridgehead atoms. The third-order valence-electron chi connectivity index (χ3n) is 4.43. The standard InChI is InChI=1S/C21H21NO5S2/c1-15-9-11-18(12-10-15)29(25,26)22-19-14-21(20(27-3)13-16(19)2)28(23,24)17-7-5-4-6-8-17/h4-14,22H,1-3H3. The van der Waals surface area contributed by atoms with Crippen molar-refractivity contribution in [1.82, 2.24) is 0 Å². The molecule has 3 aromatic rings. The van der Waals surface area contributed by atoms with E-state index in [1.165, 1.54) is 43.5 Å². The van der Waals surface area contributed by atoms with Crippen molar-refractivity contribution in [1.29, 1.82) is 0 Å². The SMILES string of the molecule is COc1cc(C)c(NS(=O)(=O)c2ccc(C)cc2)cc1S(=O)(=O)c1ccccc1. The minimum atomic E-state index is -3.91. The molecule has 0 spiro atoms. The molecule has 0 aliphatic carbocycles. The summed E-state index contributed by atoms with van der Waals surface area (Å²) in [6.07, 6.45) is 0. The van der Waals surface area contributed by atoms with Gasteiger partial charge in [-0.25, -0.2) is 16.8 Å². The van der Waals surface area contributed by atoms with Crippen molar-refractivity contribution in [2.75, 3.05) is 11.8 Å². The summed E-state index contributed by atoms with van der Waals surface area (Å²) in [4.78, 5) is 0.0682. The van der Waals surface area contributed by atoms with Crippen LogP contribution in [0.3, 0.4) is 0 Å². The van der Waals surface area contributed by atoms with Gasteiger partial charge in [0.05, 0.1) is 22.6 Å². The van der Waals surface area contributed by atoms with Crippen molar-refractivity contribution in [3.05, 3.63) is 77.9 Å². The minimum Gasteiger partial charge on any atom is -0.495 e. The summed E-state index contributed by atoms with van der Waals surface area (Å²) in [5, 5.41) is 0. The van der Waals surface area contributed by atoms with Crippen LogP contribution in [-0.2, 0) is 19.9 Å². The van der Waals surface area contributed by atoms with Crippen LogP contribution in [-0.4, -0.2) is 23.9 Å². The molecule has 0 fully saturated rings. The molecule has 8 heteroatoms. The lowest BCUT2D eigenvalue weighted by atomic mass is 10.2. The third kappa shape index (κ3) is 4.28. The topological polar surface area (TPSA) is 89.5 Å². The molecule has 3 rings (SSSR count). The molecule has 0 unspecified atom stereocenters. The number of anilines is 1. The Labute approximate surface area is 171 Å². The van der Waals surface area contributed by atoms with Crippen molar-refractivity contribution in [3.8, 4) is 5.75 Å². The number of aryl methyl sites for hydroxylation is 2.